The molecule has 0 fully saturated rings. The van der Waals surface area contributed by atoms with Crippen LogP contribution in [0, 0.1) is 5.82 Å². The first-order chi connectivity index (χ1) is 9.95. The Hall–Kier alpha value is -1.93. The third-order valence-electron chi connectivity index (χ3n) is 2.90. The predicted octanol–water partition coefficient (Wildman–Crippen LogP) is 3.27. The lowest BCUT2D eigenvalue weighted by molar-refractivity contribution is 0.593. The largest absolute Gasteiger partial charge is 0.280 e. The first kappa shape index (κ1) is 14.0. The van der Waals surface area contributed by atoms with Gasteiger partial charge in [0.2, 0.25) is 0 Å². The Balaban J connectivity index is 1.96. The number of H-pyrrole nitrogens is 1. The topological polar surface area (TPSA) is 74.8 Å². The van der Waals surface area contributed by atoms with Crippen molar-refractivity contribution in [2.75, 3.05) is 4.72 Å². The lowest BCUT2D eigenvalue weighted by atomic mass is 10.2. The molecule has 0 aliphatic heterocycles. The Morgan fingerprint density at radius 2 is 2.00 bits per heavy atom. The van der Waals surface area contributed by atoms with Gasteiger partial charge in [0, 0.05) is 5.39 Å². The molecule has 0 bridgehead atoms. The van der Waals surface area contributed by atoms with Gasteiger partial charge in [0.25, 0.3) is 10.0 Å². The van der Waals surface area contributed by atoms with Crippen molar-refractivity contribution in [2.45, 2.75) is 4.90 Å². The number of sulfonamides is 1. The van der Waals surface area contributed by atoms with Crippen LogP contribution in [0.25, 0.3) is 10.9 Å². The van der Waals surface area contributed by atoms with Gasteiger partial charge in [0.15, 0.2) is 0 Å². The second-order valence-corrected chi connectivity index (χ2v) is 6.89. The Labute approximate surface area is 128 Å². The van der Waals surface area contributed by atoms with Gasteiger partial charge in [-0.3, -0.25) is 9.82 Å². The van der Waals surface area contributed by atoms with E-state index in [-0.39, 0.29) is 9.37 Å². The van der Waals surface area contributed by atoms with Crippen LogP contribution in [-0.2, 0) is 10.0 Å². The average Bonchev–Trinajstić information content (AvgIpc) is 2.88. The van der Waals surface area contributed by atoms with Crippen LogP contribution in [0.5, 0.6) is 0 Å². The summed E-state index contributed by atoms with van der Waals surface area (Å²) in [7, 11) is -3.85. The maximum Gasteiger partial charge on any atom is 0.261 e. The van der Waals surface area contributed by atoms with Crippen LogP contribution in [0.4, 0.5) is 10.1 Å². The fourth-order valence-corrected chi connectivity index (χ4v) is 3.17. The maximum atomic E-state index is 13.5. The van der Waals surface area contributed by atoms with Crippen LogP contribution in [-0.4, -0.2) is 18.6 Å². The molecule has 0 spiro atoms. The van der Waals surface area contributed by atoms with Crippen molar-refractivity contribution in [3.63, 3.8) is 0 Å². The molecule has 0 saturated heterocycles. The van der Waals surface area contributed by atoms with Gasteiger partial charge in [0.1, 0.15) is 5.82 Å². The average molecular weight is 370 g/mol. The zero-order valence-corrected chi connectivity index (χ0v) is 12.9. The first-order valence-corrected chi connectivity index (χ1v) is 8.14. The number of anilines is 1. The van der Waals surface area contributed by atoms with E-state index >= 15 is 0 Å². The summed E-state index contributed by atoms with van der Waals surface area (Å²) in [5.74, 6) is -0.637. The third-order valence-corrected chi connectivity index (χ3v) is 4.92. The molecule has 0 saturated carbocycles. The number of benzene rings is 2. The highest BCUT2D eigenvalue weighted by molar-refractivity contribution is 9.10. The van der Waals surface area contributed by atoms with Crippen LogP contribution in [0.1, 0.15) is 0 Å². The van der Waals surface area contributed by atoms with Crippen molar-refractivity contribution >= 4 is 42.5 Å². The fraction of sp³-hybridized carbons (Fsp3) is 0. The zero-order chi connectivity index (χ0) is 15.0. The number of fused-ring (bicyclic) bond motifs is 1. The molecule has 1 aromatic heterocycles. The summed E-state index contributed by atoms with van der Waals surface area (Å²) in [6.45, 7) is 0. The van der Waals surface area contributed by atoms with Gasteiger partial charge in [-0.05, 0) is 52.3 Å². The fourth-order valence-electron chi connectivity index (χ4n) is 1.86. The number of hydrogen-bond acceptors (Lipinski definition) is 3. The summed E-state index contributed by atoms with van der Waals surface area (Å²) in [5.41, 5.74) is 1.08. The van der Waals surface area contributed by atoms with Crippen LogP contribution in [0.15, 0.2) is 52.0 Å². The summed E-state index contributed by atoms with van der Waals surface area (Å²) in [6, 6.07) is 8.60. The number of nitrogens with zero attached hydrogens (tertiary/aromatic N) is 1. The van der Waals surface area contributed by atoms with Crippen LogP contribution in [0.2, 0.25) is 0 Å². The highest BCUT2D eigenvalue weighted by Crippen LogP contribution is 2.23. The maximum absolute atomic E-state index is 13.5. The second-order valence-electron chi connectivity index (χ2n) is 4.35. The number of aromatic amines is 1. The van der Waals surface area contributed by atoms with Gasteiger partial charge in [-0.2, -0.15) is 5.10 Å². The summed E-state index contributed by atoms with van der Waals surface area (Å²) in [5, 5.41) is 7.48. The van der Waals surface area contributed by atoms with Gasteiger partial charge >= 0.3 is 0 Å². The highest BCUT2D eigenvalue weighted by Gasteiger charge is 2.16. The molecule has 0 aliphatic rings. The van der Waals surface area contributed by atoms with Gasteiger partial charge < -0.3 is 0 Å². The van der Waals surface area contributed by atoms with E-state index in [1.807, 2.05) is 0 Å². The zero-order valence-electron chi connectivity index (χ0n) is 10.5. The summed E-state index contributed by atoms with van der Waals surface area (Å²) < 4.78 is 40.5. The van der Waals surface area contributed by atoms with E-state index < -0.39 is 15.8 Å². The number of rotatable bonds is 3. The SMILES string of the molecule is O=S(=O)(Nc1ccc2cn[nH]c2c1)c1ccc(Br)c(F)c1. The molecule has 5 nitrogen and oxygen atoms in total. The van der Waals surface area contributed by atoms with Crippen molar-refractivity contribution in [1.82, 2.24) is 10.2 Å². The lowest BCUT2D eigenvalue weighted by Gasteiger charge is -2.08. The van der Waals surface area contributed by atoms with Gasteiger partial charge in [-0.25, -0.2) is 12.8 Å². The van der Waals surface area contributed by atoms with E-state index in [1.54, 1.807) is 24.4 Å². The Kier molecular flexibility index (Phi) is 3.42. The Morgan fingerprint density at radius 3 is 2.76 bits per heavy atom. The molecule has 2 N–H and O–H groups in total. The summed E-state index contributed by atoms with van der Waals surface area (Å²) in [4.78, 5) is -0.145. The van der Waals surface area contributed by atoms with Gasteiger partial charge in [-0.1, -0.05) is 0 Å². The first-order valence-electron chi connectivity index (χ1n) is 5.87. The number of aromatic nitrogens is 2. The molecular formula is C13H9BrFN3O2S. The highest BCUT2D eigenvalue weighted by atomic mass is 79.9. The minimum atomic E-state index is -3.85. The molecule has 3 rings (SSSR count). The van der Waals surface area contributed by atoms with Crippen molar-refractivity contribution in [2.24, 2.45) is 0 Å². The van der Waals surface area contributed by atoms with Crippen molar-refractivity contribution < 1.29 is 12.8 Å². The second kappa shape index (κ2) is 5.12. The number of hydrogen-bond donors (Lipinski definition) is 2. The molecule has 21 heavy (non-hydrogen) atoms. The summed E-state index contributed by atoms with van der Waals surface area (Å²) in [6.07, 6.45) is 1.64. The predicted molar refractivity (Wildman–Crippen MR) is 81.0 cm³/mol. The van der Waals surface area contributed by atoms with E-state index in [0.717, 1.165) is 11.5 Å². The van der Waals surface area contributed by atoms with E-state index in [4.69, 9.17) is 0 Å². The van der Waals surface area contributed by atoms with Gasteiger partial charge in [-0.15, -0.1) is 0 Å². The minimum Gasteiger partial charge on any atom is -0.280 e. The smallest absolute Gasteiger partial charge is 0.261 e. The molecule has 108 valence electrons. The van der Waals surface area contributed by atoms with Crippen LogP contribution >= 0.6 is 15.9 Å². The van der Waals surface area contributed by atoms with E-state index in [9.17, 15) is 12.8 Å². The van der Waals surface area contributed by atoms with E-state index in [2.05, 4.69) is 30.8 Å². The standard InChI is InChI=1S/C13H9BrFN3O2S/c14-11-4-3-10(6-12(11)15)21(19,20)18-9-2-1-8-7-16-17-13(8)5-9/h1-7,18H,(H,16,17). The monoisotopic (exact) mass is 369 g/mol. The van der Waals surface area contributed by atoms with Crippen molar-refractivity contribution in [1.29, 1.82) is 0 Å². The van der Waals surface area contributed by atoms with Gasteiger partial charge in [0.05, 0.1) is 26.8 Å². The molecular weight excluding hydrogens is 361 g/mol. The van der Waals surface area contributed by atoms with E-state index in [1.165, 1.54) is 12.1 Å². The van der Waals surface area contributed by atoms with Crippen molar-refractivity contribution in [3.8, 4) is 0 Å². The lowest BCUT2D eigenvalue weighted by Crippen LogP contribution is -2.13. The Morgan fingerprint density at radius 1 is 1.19 bits per heavy atom. The van der Waals surface area contributed by atoms with E-state index in [0.29, 0.717) is 11.2 Å². The molecule has 3 aromatic rings. The quantitative estimate of drug-likeness (QED) is 0.743. The molecule has 0 aliphatic carbocycles. The molecule has 0 radical (unpaired) electrons. The molecule has 0 amide bonds. The number of nitrogens with one attached hydrogen (secondary N) is 2. The normalized spacial score (nSPS) is 11.7. The third kappa shape index (κ3) is 2.77. The molecule has 1 heterocycles. The van der Waals surface area contributed by atoms with Crippen LogP contribution < -0.4 is 4.72 Å². The molecule has 2 aromatic carbocycles. The Bertz CT molecular complexity index is 924. The summed E-state index contributed by atoms with van der Waals surface area (Å²) >= 11 is 2.98. The van der Waals surface area contributed by atoms with Crippen molar-refractivity contribution in [3.05, 3.63) is 52.9 Å². The molecule has 8 heteroatoms. The molecule has 0 unspecified atom stereocenters. The number of halogens is 2. The minimum absolute atomic E-state index is 0.145. The van der Waals surface area contributed by atoms with Crippen LogP contribution in [0.3, 0.4) is 0 Å². The molecule has 0 atom stereocenters.